The first-order valence-corrected chi connectivity index (χ1v) is 11.4. The number of amidine groups is 1. The van der Waals surface area contributed by atoms with Gasteiger partial charge in [0.25, 0.3) is 11.7 Å². The van der Waals surface area contributed by atoms with Crippen molar-refractivity contribution in [3.8, 4) is 23.1 Å². The third-order valence-corrected chi connectivity index (χ3v) is 5.70. The van der Waals surface area contributed by atoms with Crippen molar-refractivity contribution in [2.24, 2.45) is 11.6 Å². The Morgan fingerprint density at radius 3 is 2.79 bits per heavy atom. The van der Waals surface area contributed by atoms with Crippen LogP contribution in [0.15, 0.2) is 48.9 Å². The summed E-state index contributed by atoms with van der Waals surface area (Å²) in [7, 11) is 0. The van der Waals surface area contributed by atoms with E-state index in [4.69, 9.17) is 33.2 Å². The van der Waals surface area contributed by atoms with Crippen LogP contribution >= 0.6 is 11.6 Å². The molecule has 38 heavy (non-hydrogen) atoms. The molecule has 0 fully saturated rings. The molecule has 2 aromatic carbocycles. The molecule has 11 nitrogen and oxygen atoms in total. The normalized spacial score (nSPS) is 11.3. The number of anilines is 2. The summed E-state index contributed by atoms with van der Waals surface area (Å²) < 4.78 is 35.8. The molecule has 1 amide bonds. The number of amides is 1. The Bertz CT molecular complexity index is 1580. The molecule has 4 rings (SSSR count). The molecule has 0 unspecified atom stereocenters. The van der Waals surface area contributed by atoms with Gasteiger partial charge in [0.2, 0.25) is 5.82 Å². The summed E-state index contributed by atoms with van der Waals surface area (Å²) in [4.78, 5) is 21.0. The quantitative estimate of drug-likeness (QED) is 0.0917. The van der Waals surface area contributed by atoms with E-state index >= 15 is 0 Å². The summed E-state index contributed by atoms with van der Waals surface area (Å²) >= 11 is 6.33. The second kappa shape index (κ2) is 11.4. The van der Waals surface area contributed by atoms with Crippen molar-refractivity contribution in [1.82, 2.24) is 19.7 Å². The lowest BCUT2D eigenvalue weighted by atomic mass is 10.1. The van der Waals surface area contributed by atoms with E-state index in [1.807, 2.05) is 0 Å². The number of hydrazone groups is 1. The summed E-state index contributed by atoms with van der Waals surface area (Å²) in [6.07, 6.45) is 4.73. The maximum Gasteiger partial charge on any atom is 0.264 e. The molecule has 2 heterocycles. The third kappa shape index (κ3) is 5.40. The van der Waals surface area contributed by atoms with Gasteiger partial charge in [-0.05, 0) is 30.3 Å². The molecule has 194 valence electrons. The van der Waals surface area contributed by atoms with Crippen molar-refractivity contribution in [3.63, 3.8) is 0 Å². The first-order valence-electron chi connectivity index (χ1n) is 11.1. The number of hydrogen-bond acceptors (Lipinski definition) is 7. The summed E-state index contributed by atoms with van der Waals surface area (Å²) in [5.74, 6) is 2.72. The zero-order valence-corrected chi connectivity index (χ0v) is 20.4. The Hall–Kier alpha value is -4.96. The van der Waals surface area contributed by atoms with Crippen LogP contribution in [0.5, 0.6) is 5.75 Å². The number of nitrogens with two attached hydrogens (primary N) is 2. The van der Waals surface area contributed by atoms with Crippen LogP contribution in [0.3, 0.4) is 0 Å². The summed E-state index contributed by atoms with van der Waals surface area (Å²) in [6, 6.07) is 9.00. The van der Waals surface area contributed by atoms with Crippen LogP contribution in [0.1, 0.15) is 16.8 Å². The minimum atomic E-state index is -1.21. The standard InChI is InChI=1S/C24H20ClF2N9O2/c25-16-11-13(1-2-14(16)24(37)32-7-5-19(29)35-30)34-22-23-33-12-17(36(23)9-8-31-22)15-3-4-18(38-10-6-28)21(27)20(15)26/h1-4,8-9,11-12H,5,7,10,30H2,(H2,29,35)(H,31,34)(H,32,37)/p+1. The lowest BCUT2D eigenvalue weighted by molar-refractivity contribution is -0.471. The zero-order chi connectivity index (χ0) is 27.2. The topological polar surface area (TPSA) is 170 Å². The number of fused-ring (bicyclic) bond motifs is 1. The number of carbonyl (C=O) groups excluding carboxylic acids is 1. The van der Waals surface area contributed by atoms with Crippen molar-refractivity contribution in [2.45, 2.75) is 6.42 Å². The molecule has 2 aromatic heterocycles. The van der Waals surface area contributed by atoms with Crippen LogP contribution in [0.25, 0.3) is 16.9 Å². The molecule has 7 N–H and O–H groups in total. The molecule has 0 radical (unpaired) electrons. The van der Waals surface area contributed by atoms with Gasteiger partial charge in [-0.15, -0.1) is 0 Å². The minimum absolute atomic E-state index is 0.0588. The Labute approximate surface area is 219 Å². The summed E-state index contributed by atoms with van der Waals surface area (Å²) in [5, 5.41) is 16.9. The SMILES string of the molecule is N#CCOc1ccc(-c2cnc3c(Nc4ccc(C(=O)NCCC(N)=[NH+]N)c(Cl)c4)nccn23)c(F)c1F. The van der Waals surface area contributed by atoms with Gasteiger partial charge in [0, 0.05) is 30.2 Å². The molecule has 0 aliphatic carbocycles. The van der Waals surface area contributed by atoms with Gasteiger partial charge in [-0.3, -0.25) is 20.8 Å². The summed E-state index contributed by atoms with van der Waals surface area (Å²) in [5.41, 5.74) is 6.86. The number of ether oxygens (including phenoxy) is 1. The van der Waals surface area contributed by atoms with Gasteiger partial charge in [0.05, 0.1) is 28.9 Å². The largest absolute Gasteiger partial charge is 0.476 e. The molecule has 0 bridgehead atoms. The summed E-state index contributed by atoms with van der Waals surface area (Å²) in [6.45, 7) is -0.151. The van der Waals surface area contributed by atoms with Gasteiger partial charge in [-0.25, -0.2) is 14.4 Å². The fourth-order valence-electron chi connectivity index (χ4n) is 3.55. The van der Waals surface area contributed by atoms with Crippen molar-refractivity contribution in [3.05, 3.63) is 71.1 Å². The lowest BCUT2D eigenvalue weighted by Crippen LogP contribution is -2.82. The Kier molecular flexibility index (Phi) is 7.83. The number of rotatable bonds is 9. The van der Waals surface area contributed by atoms with E-state index in [2.05, 4.69) is 25.7 Å². The van der Waals surface area contributed by atoms with Crippen LogP contribution < -0.4 is 32.0 Å². The predicted molar refractivity (Wildman–Crippen MR) is 135 cm³/mol. The lowest BCUT2D eigenvalue weighted by Gasteiger charge is -2.11. The zero-order valence-electron chi connectivity index (χ0n) is 19.6. The number of nitriles is 1. The number of benzene rings is 2. The Morgan fingerprint density at radius 2 is 2.05 bits per heavy atom. The van der Waals surface area contributed by atoms with Crippen LogP contribution in [0, 0.1) is 23.0 Å². The smallest absolute Gasteiger partial charge is 0.264 e. The molecular formula is C24H21ClF2N9O2+. The highest BCUT2D eigenvalue weighted by Crippen LogP contribution is 2.32. The molecule has 0 aliphatic rings. The molecule has 0 saturated heterocycles. The highest BCUT2D eigenvalue weighted by atomic mass is 35.5. The van der Waals surface area contributed by atoms with Gasteiger partial charge < -0.3 is 15.4 Å². The van der Waals surface area contributed by atoms with E-state index in [1.165, 1.54) is 28.9 Å². The van der Waals surface area contributed by atoms with Crippen molar-refractivity contribution < 1.29 is 23.4 Å². The first-order chi connectivity index (χ1) is 18.3. The van der Waals surface area contributed by atoms with E-state index in [1.54, 1.807) is 30.5 Å². The van der Waals surface area contributed by atoms with E-state index in [-0.39, 0.29) is 40.0 Å². The number of hydrogen-bond donors (Lipinski definition) is 5. The van der Waals surface area contributed by atoms with E-state index < -0.39 is 18.2 Å². The Balaban J connectivity index is 1.57. The maximum atomic E-state index is 14.8. The van der Waals surface area contributed by atoms with Gasteiger partial charge in [-0.2, -0.15) is 14.8 Å². The molecule has 4 aromatic rings. The Morgan fingerprint density at radius 1 is 1.24 bits per heavy atom. The van der Waals surface area contributed by atoms with Crippen molar-refractivity contribution >= 4 is 40.5 Å². The molecule has 14 heteroatoms. The number of hydrazine groups is 1. The first kappa shape index (κ1) is 26.1. The molecular weight excluding hydrogens is 520 g/mol. The number of nitrogens with zero attached hydrogens (tertiary/aromatic N) is 4. The minimum Gasteiger partial charge on any atom is -0.476 e. The van der Waals surface area contributed by atoms with Gasteiger partial charge in [0.15, 0.2) is 29.6 Å². The number of aromatic nitrogens is 3. The van der Waals surface area contributed by atoms with Crippen molar-refractivity contribution in [2.75, 3.05) is 18.5 Å². The van der Waals surface area contributed by atoms with Gasteiger partial charge >= 0.3 is 0 Å². The van der Waals surface area contributed by atoms with Gasteiger partial charge in [0.1, 0.15) is 6.07 Å². The van der Waals surface area contributed by atoms with Gasteiger partial charge in [-0.1, -0.05) is 11.6 Å². The molecule has 0 atom stereocenters. The van der Waals surface area contributed by atoms with Crippen molar-refractivity contribution in [1.29, 1.82) is 5.26 Å². The van der Waals surface area contributed by atoms with Crippen LogP contribution in [0.4, 0.5) is 20.3 Å². The average molecular weight is 541 g/mol. The van der Waals surface area contributed by atoms with Crippen LogP contribution in [-0.4, -0.2) is 39.3 Å². The number of halogens is 3. The number of carbonyl (C=O) groups is 1. The predicted octanol–water partition coefficient (Wildman–Crippen LogP) is 1.41. The molecule has 0 spiro atoms. The van der Waals surface area contributed by atoms with Crippen LogP contribution in [-0.2, 0) is 0 Å². The number of imidazole rings is 1. The van der Waals surface area contributed by atoms with E-state index in [9.17, 15) is 13.6 Å². The highest BCUT2D eigenvalue weighted by Gasteiger charge is 2.20. The second-order valence-corrected chi connectivity index (χ2v) is 8.20. The van der Waals surface area contributed by atoms with Crippen LogP contribution in [0.2, 0.25) is 5.02 Å². The second-order valence-electron chi connectivity index (χ2n) is 7.79. The molecule has 0 aliphatic heterocycles. The highest BCUT2D eigenvalue weighted by molar-refractivity contribution is 6.34. The molecule has 0 saturated carbocycles. The van der Waals surface area contributed by atoms with E-state index in [0.717, 1.165) is 0 Å². The maximum absolute atomic E-state index is 14.8. The monoisotopic (exact) mass is 540 g/mol. The fraction of sp³-hybridized carbons (Fsp3) is 0.125. The average Bonchev–Trinajstić information content (AvgIpc) is 3.34. The third-order valence-electron chi connectivity index (χ3n) is 5.38. The van der Waals surface area contributed by atoms with E-state index in [0.29, 0.717) is 29.4 Å². The number of nitrogens with one attached hydrogen (secondary N) is 3. The fourth-order valence-corrected chi connectivity index (χ4v) is 3.82.